The molecule has 0 N–H and O–H groups in total. The summed E-state index contributed by atoms with van der Waals surface area (Å²) < 4.78 is 5.04. The van der Waals surface area contributed by atoms with E-state index >= 15 is 0 Å². The van der Waals surface area contributed by atoms with Gasteiger partial charge in [-0.1, -0.05) is 58.8 Å². The van der Waals surface area contributed by atoms with Gasteiger partial charge in [-0.2, -0.15) is 0 Å². The van der Waals surface area contributed by atoms with E-state index in [1.807, 2.05) is 6.92 Å². The minimum Gasteiger partial charge on any atom is -0.465 e. The maximum atomic E-state index is 11.3. The number of esters is 1. The molecule has 3 heteroatoms. The summed E-state index contributed by atoms with van der Waals surface area (Å²) in [6.45, 7) is 4.62. The second-order valence-electron chi connectivity index (χ2n) is 5.16. The maximum Gasteiger partial charge on any atom is 0.313 e. The highest BCUT2D eigenvalue weighted by atomic mass is 16.5. The molecule has 0 aliphatic carbocycles. The molecule has 112 valence electrons. The Bertz CT molecular complexity index is 236. The van der Waals surface area contributed by atoms with Gasteiger partial charge in [0.1, 0.15) is 12.2 Å². The lowest BCUT2D eigenvalue weighted by atomic mass is 10.1. The van der Waals surface area contributed by atoms with E-state index in [-0.39, 0.29) is 18.2 Å². The topological polar surface area (TPSA) is 43.4 Å². The monoisotopic (exact) mass is 270 g/mol. The van der Waals surface area contributed by atoms with Crippen molar-refractivity contribution in [3.05, 3.63) is 0 Å². The Morgan fingerprint density at radius 2 is 1.37 bits per heavy atom. The normalized spacial score (nSPS) is 10.4. The number of rotatable bonds is 13. The standard InChI is InChI=1S/C16H30O3/c1-3-5-6-7-8-9-10-11-13-19-16(18)14-15(17)12-4-2/h3-14H2,1-2H3. The minimum absolute atomic E-state index is 0.0107. The van der Waals surface area contributed by atoms with Gasteiger partial charge in [0.15, 0.2) is 0 Å². The van der Waals surface area contributed by atoms with Crippen molar-refractivity contribution in [2.24, 2.45) is 0 Å². The van der Waals surface area contributed by atoms with E-state index in [0.29, 0.717) is 13.0 Å². The fraction of sp³-hybridized carbons (Fsp3) is 0.875. The molecule has 0 fully saturated rings. The first-order chi connectivity index (χ1) is 9.20. The molecular formula is C16H30O3. The molecule has 0 rings (SSSR count). The van der Waals surface area contributed by atoms with Crippen LogP contribution in [0.15, 0.2) is 0 Å². The summed E-state index contributed by atoms with van der Waals surface area (Å²) in [5.41, 5.74) is 0. The van der Waals surface area contributed by atoms with Crippen LogP contribution in [0, 0.1) is 0 Å². The van der Waals surface area contributed by atoms with Gasteiger partial charge in [-0.3, -0.25) is 9.59 Å². The SMILES string of the molecule is CCCCCCCCCCOC(=O)CC(=O)CCC. The Labute approximate surface area is 118 Å². The summed E-state index contributed by atoms with van der Waals surface area (Å²) >= 11 is 0. The Morgan fingerprint density at radius 1 is 0.789 bits per heavy atom. The highest BCUT2D eigenvalue weighted by Gasteiger charge is 2.09. The van der Waals surface area contributed by atoms with Crippen LogP contribution in [-0.4, -0.2) is 18.4 Å². The molecule has 0 amide bonds. The fourth-order valence-corrected chi connectivity index (χ4v) is 2.00. The highest BCUT2D eigenvalue weighted by Crippen LogP contribution is 2.08. The van der Waals surface area contributed by atoms with Crippen molar-refractivity contribution < 1.29 is 14.3 Å². The summed E-state index contributed by atoms with van der Waals surface area (Å²) in [7, 11) is 0. The first-order valence-electron chi connectivity index (χ1n) is 7.88. The van der Waals surface area contributed by atoms with Crippen LogP contribution in [0.25, 0.3) is 0 Å². The van der Waals surface area contributed by atoms with Crippen LogP contribution in [0.1, 0.15) is 84.5 Å². The van der Waals surface area contributed by atoms with Crippen LogP contribution in [0.3, 0.4) is 0 Å². The molecule has 0 aromatic heterocycles. The van der Waals surface area contributed by atoms with Crippen molar-refractivity contribution in [1.29, 1.82) is 0 Å². The van der Waals surface area contributed by atoms with E-state index in [9.17, 15) is 9.59 Å². The van der Waals surface area contributed by atoms with E-state index in [1.54, 1.807) is 0 Å². The lowest BCUT2D eigenvalue weighted by molar-refractivity contribution is -0.146. The highest BCUT2D eigenvalue weighted by molar-refractivity contribution is 5.95. The number of carbonyl (C=O) groups is 2. The quantitative estimate of drug-likeness (QED) is 0.282. The van der Waals surface area contributed by atoms with Gasteiger partial charge in [0.2, 0.25) is 0 Å². The molecule has 0 heterocycles. The van der Waals surface area contributed by atoms with E-state index in [2.05, 4.69) is 6.92 Å². The zero-order valence-electron chi connectivity index (χ0n) is 12.7. The van der Waals surface area contributed by atoms with E-state index in [0.717, 1.165) is 19.3 Å². The van der Waals surface area contributed by atoms with Gasteiger partial charge in [-0.05, 0) is 12.8 Å². The van der Waals surface area contributed by atoms with Crippen molar-refractivity contribution in [3.63, 3.8) is 0 Å². The molecule has 19 heavy (non-hydrogen) atoms. The zero-order valence-corrected chi connectivity index (χ0v) is 12.7. The van der Waals surface area contributed by atoms with Gasteiger partial charge in [0.25, 0.3) is 0 Å². The smallest absolute Gasteiger partial charge is 0.313 e. The van der Waals surface area contributed by atoms with Crippen molar-refractivity contribution >= 4 is 11.8 Å². The first-order valence-corrected chi connectivity index (χ1v) is 7.88. The molecule has 0 aliphatic rings. The third-order valence-corrected chi connectivity index (χ3v) is 3.13. The second kappa shape index (κ2) is 13.6. The Kier molecular flexibility index (Phi) is 13.0. The van der Waals surface area contributed by atoms with Crippen molar-refractivity contribution in [2.45, 2.75) is 84.5 Å². The Hall–Kier alpha value is -0.860. The van der Waals surface area contributed by atoms with Crippen molar-refractivity contribution in [1.82, 2.24) is 0 Å². The predicted molar refractivity (Wildman–Crippen MR) is 78.1 cm³/mol. The molecule has 0 spiro atoms. The third-order valence-electron chi connectivity index (χ3n) is 3.13. The average molecular weight is 270 g/mol. The Morgan fingerprint density at radius 3 is 1.95 bits per heavy atom. The van der Waals surface area contributed by atoms with Crippen molar-refractivity contribution in [2.75, 3.05) is 6.61 Å². The largest absolute Gasteiger partial charge is 0.465 e. The lowest BCUT2D eigenvalue weighted by Crippen LogP contribution is -2.11. The molecule has 0 aromatic rings. The molecule has 0 atom stereocenters. The van der Waals surface area contributed by atoms with Crippen LogP contribution in [-0.2, 0) is 14.3 Å². The summed E-state index contributed by atoms with van der Waals surface area (Å²) in [5, 5.41) is 0. The molecule has 0 saturated heterocycles. The third kappa shape index (κ3) is 13.4. The summed E-state index contributed by atoms with van der Waals surface area (Å²) in [6.07, 6.45) is 11.0. The Balaban J connectivity index is 3.25. The van der Waals surface area contributed by atoms with Gasteiger partial charge in [-0.25, -0.2) is 0 Å². The molecule has 0 aromatic carbocycles. The van der Waals surface area contributed by atoms with Gasteiger partial charge in [0.05, 0.1) is 6.61 Å². The number of carbonyl (C=O) groups excluding carboxylic acids is 2. The summed E-state index contributed by atoms with van der Waals surface area (Å²) in [4.78, 5) is 22.5. The van der Waals surface area contributed by atoms with Crippen molar-refractivity contribution in [3.8, 4) is 0 Å². The molecule has 0 unspecified atom stereocenters. The number of hydrogen-bond acceptors (Lipinski definition) is 3. The van der Waals surface area contributed by atoms with Crippen LogP contribution >= 0.6 is 0 Å². The van der Waals surface area contributed by atoms with Crippen LogP contribution in [0.5, 0.6) is 0 Å². The molecule has 0 aliphatic heterocycles. The average Bonchev–Trinajstić information content (AvgIpc) is 2.37. The van der Waals surface area contributed by atoms with Gasteiger partial charge < -0.3 is 4.74 Å². The first kappa shape index (κ1) is 18.1. The minimum atomic E-state index is -0.360. The zero-order chi connectivity index (χ0) is 14.3. The number of ether oxygens (including phenoxy) is 1. The predicted octanol–water partition coefficient (Wildman–Crippen LogP) is 4.43. The van der Waals surface area contributed by atoms with E-state index in [4.69, 9.17) is 4.74 Å². The molecule has 3 nitrogen and oxygen atoms in total. The van der Waals surface area contributed by atoms with Gasteiger partial charge >= 0.3 is 5.97 Å². The number of ketones is 1. The molecular weight excluding hydrogens is 240 g/mol. The molecule has 0 radical (unpaired) electrons. The maximum absolute atomic E-state index is 11.3. The number of hydrogen-bond donors (Lipinski definition) is 0. The molecule has 0 bridgehead atoms. The van der Waals surface area contributed by atoms with Crippen LogP contribution in [0.4, 0.5) is 0 Å². The van der Waals surface area contributed by atoms with E-state index < -0.39 is 0 Å². The van der Waals surface area contributed by atoms with Crippen LogP contribution in [0.2, 0.25) is 0 Å². The van der Waals surface area contributed by atoms with Crippen LogP contribution < -0.4 is 0 Å². The second-order valence-corrected chi connectivity index (χ2v) is 5.16. The lowest BCUT2D eigenvalue weighted by Gasteiger charge is -2.04. The summed E-state index contributed by atoms with van der Waals surface area (Å²) in [5.74, 6) is -0.371. The molecule has 0 saturated carbocycles. The summed E-state index contributed by atoms with van der Waals surface area (Å²) in [6, 6.07) is 0. The number of unbranched alkanes of at least 4 members (excludes halogenated alkanes) is 7. The van der Waals surface area contributed by atoms with Gasteiger partial charge in [-0.15, -0.1) is 0 Å². The number of Topliss-reactive ketones (excluding diaryl/α,β-unsaturated/α-hetero) is 1. The van der Waals surface area contributed by atoms with Gasteiger partial charge in [0, 0.05) is 6.42 Å². The fourth-order valence-electron chi connectivity index (χ4n) is 2.00. The van der Waals surface area contributed by atoms with E-state index in [1.165, 1.54) is 38.5 Å².